The van der Waals surface area contributed by atoms with Crippen molar-refractivity contribution in [2.24, 2.45) is 0 Å². The zero-order valence-corrected chi connectivity index (χ0v) is 21.4. The number of phenolic OH excluding ortho intramolecular Hbond substituents is 1. The second-order valence-corrected chi connectivity index (χ2v) is 9.39. The molecule has 2 aliphatic rings. The number of carbonyl (C=O) groups excluding carboxylic acids is 3. The minimum absolute atomic E-state index is 0.0237. The lowest BCUT2D eigenvalue weighted by atomic mass is 9.83. The number of hydrogen-bond donors (Lipinski definition) is 1. The SMILES string of the molecule is COc1ccc(C2CC(=O)Oc3cc4c(c(O)c32)C(=O)O[C@@H](C)CCCC(=O)CCCC=C4)cc1OC. The van der Waals surface area contributed by atoms with E-state index in [0.717, 1.165) is 0 Å². The highest BCUT2D eigenvalue weighted by atomic mass is 16.5. The number of aromatic hydroxyl groups is 1. The lowest BCUT2D eigenvalue weighted by Crippen LogP contribution is -2.23. The van der Waals surface area contributed by atoms with E-state index in [0.29, 0.717) is 66.7 Å². The van der Waals surface area contributed by atoms with Gasteiger partial charge < -0.3 is 24.1 Å². The number of Topliss-reactive ketones (excluding diaryl/α,β-unsaturated/α-hetero) is 1. The Hall–Kier alpha value is -3.81. The van der Waals surface area contributed by atoms with Crippen molar-refractivity contribution in [3.8, 4) is 23.0 Å². The molecule has 4 rings (SSSR count). The number of carbonyl (C=O) groups is 3. The van der Waals surface area contributed by atoms with Crippen molar-refractivity contribution in [3.05, 3.63) is 52.6 Å². The number of rotatable bonds is 3. The van der Waals surface area contributed by atoms with Gasteiger partial charge in [-0.25, -0.2) is 4.79 Å². The third-order valence-electron chi connectivity index (χ3n) is 6.79. The van der Waals surface area contributed by atoms with E-state index in [1.807, 2.05) is 6.08 Å². The van der Waals surface area contributed by atoms with Gasteiger partial charge in [-0.05, 0) is 61.9 Å². The largest absolute Gasteiger partial charge is 0.507 e. The average molecular weight is 509 g/mol. The van der Waals surface area contributed by atoms with Gasteiger partial charge in [0.2, 0.25) is 0 Å². The maximum atomic E-state index is 13.3. The molecule has 0 radical (unpaired) electrons. The number of ether oxygens (including phenoxy) is 4. The van der Waals surface area contributed by atoms with Gasteiger partial charge in [-0.3, -0.25) is 9.59 Å². The zero-order valence-electron chi connectivity index (χ0n) is 21.4. The molecular weight excluding hydrogens is 476 g/mol. The van der Waals surface area contributed by atoms with Crippen molar-refractivity contribution >= 4 is 23.8 Å². The van der Waals surface area contributed by atoms with E-state index in [2.05, 4.69) is 0 Å². The third-order valence-corrected chi connectivity index (χ3v) is 6.79. The third kappa shape index (κ3) is 5.79. The fraction of sp³-hybridized carbons (Fsp3) is 0.414. The molecule has 2 aliphatic heterocycles. The van der Waals surface area contributed by atoms with Gasteiger partial charge in [0.05, 0.1) is 26.7 Å². The number of fused-ring (bicyclic) bond motifs is 2. The number of methoxy groups -OCH3 is 2. The smallest absolute Gasteiger partial charge is 0.342 e. The van der Waals surface area contributed by atoms with E-state index in [1.165, 1.54) is 14.2 Å². The summed E-state index contributed by atoms with van der Waals surface area (Å²) in [6.07, 6.45) is 6.52. The predicted molar refractivity (Wildman–Crippen MR) is 136 cm³/mol. The fourth-order valence-electron chi connectivity index (χ4n) is 4.87. The van der Waals surface area contributed by atoms with Crippen molar-refractivity contribution in [1.82, 2.24) is 0 Å². The molecule has 0 saturated heterocycles. The topological polar surface area (TPSA) is 108 Å². The summed E-state index contributed by atoms with van der Waals surface area (Å²) in [6, 6.07) is 6.86. The Kier molecular flexibility index (Phi) is 8.16. The summed E-state index contributed by atoms with van der Waals surface area (Å²) in [5, 5.41) is 11.5. The molecule has 8 nitrogen and oxygen atoms in total. The van der Waals surface area contributed by atoms with Gasteiger partial charge in [0.15, 0.2) is 11.5 Å². The van der Waals surface area contributed by atoms with Crippen molar-refractivity contribution in [2.75, 3.05) is 14.2 Å². The van der Waals surface area contributed by atoms with E-state index in [1.54, 1.807) is 37.3 Å². The molecule has 2 aromatic carbocycles. The first-order chi connectivity index (χ1) is 17.8. The van der Waals surface area contributed by atoms with E-state index in [-0.39, 0.29) is 29.3 Å². The number of hydrogen-bond acceptors (Lipinski definition) is 8. The van der Waals surface area contributed by atoms with Crippen LogP contribution in [0.25, 0.3) is 6.08 Å². The molecule has 2 aromatic rings. The summed E-state index contributed by atoms with van der Waals surface area (Å²) in [4.78, 5) is 38.0. The Morgan fingerprint density at radius 3 is 2.51 bits per heavy atom. The Labute approximate surface area is 216 Å². The van der Waals surface area contributed by atoms with E-state index >= 15 is 0 Å². The lowest BCUT2D eigenvalue weighted by molar-refractivity contribution is -0.135. The van der Waals surface area contributed by atoms with Gasteiger partial charge in [-0.15, -0.1) is 0 Å². The maximum Gasteiger partial charge on any atom is 0.342 e. The van der Waals surface area contributed by atoms with Crippen LogP contribution < -0.4 is 14.2 Å². The highest BCUT2D eigenvalue weighted by molar-refractivity contribution is 5.98. The van der Waals surface area contributed by atoms with Crippen LogP contribution >= 0.6 is 0 Å². The van der Waals surface area contributed by atoms with Gasteiger partial charge in [0.25, 0.3) is 0 Å². The quantitative estimate of drug-likeness (QED) is 0.438. The minimum atomic E-state index is -0.668. The van der Waals surface area contributed by atoms with Crippen LogP contribution in [0.5, 0.6) is 23.0 Å². The molecule has 0 aliphatic carbocycles. The number of benzene rings is 2. The van der Waals surface area contributed by atoms with E-state index < -0.39 is 24.0 Å². The Bertz CT molecular complexity index is 1230. The molecule has 1 unspecified atom stereocenters. The van der Waals surface area contributed by atoms with Crippen LogP contribution in [0.4, 0.5) is 0 Å². The number of cyclic esters (lactones) is 1. The van der Waals surface area contributed by atoms with Crippen LogP contribution in [0, 0.1) is 0 Å². The average Bonchev–Trinajstić information content (AvgIpc) is 2.86. The van der Waals surface area contributed by atoms with Crippen LogP contribution in [0.2, 0.25) is 0 Å². The molecule has 0 aromatic heterocycles. The molecule has 0 spiro atoms. The second-order valence-electron chi connectivity index (χ2n) is 9.39. The summed E-state index contributed by atoms with van der Waals surface area (Å²) in [5.41, 5.74) is 1.46. The Morgan fingerprint density at radius 2 is 1.76 bits per heavy atom. The molecule has 0 bridgehead atoms. The summed E-state index contributed by atoms with van der Waals surface area (Å²) in [5.74, 6) is -0.572. The molecule has 37 heavy (non-hydrogen) atoms. The molecular formula is C29H32O8. The summed E-state index contributed by atoms with van der Waals surface area (Å²) >= 11 is 0. The van der Waals surface area contributed by atoms with Crippen molar-refractivity contribution < 1.29 is 38.4 Å². The Morgan fingerprint density at radius 1 is 1.00 bits per heavy atom. The van der Waals surface area contributed by atoms with Gasteiger partial charge >= 0.3 is 11.9 Å². The maximum absolute atomic E-state index is 13.3. The monoisotopic (exact) mass is 508 g/mol. The van der Waals surface area contributed by atoms with E-state index in [4.69, 9.17) is 18.9 Å². The predicted octanol–water partition coefficient (Wildman–Crippen LogP) is 5.33. The molecule has 0 amide bonds. The molecule has 2 atom stereocenters. The number of allylic oxidation sites excluding steroid dienone is 1. The summed E-state index contributed by atoms with van der Waals surface area (Å²) in [6.45, 7) is 1.77. The van der Waals surface area contributed by atoms with Gasteiger partial charge in [-0.1, -0.05) is 18.2 Å². The van der Waals surface area contributed by atoms with Crippen LogP contribution in [0.15, 0.2) is 30.3 Å². The second kappa shape index (κ2) is 11.5. The van der Waals surface area contributed by atoms with Crippen LogP contribution in [-0.4, -0.2) is 43.2 Å². The van der Waals surface area contributed by atoms with Crippen molar-refractivity contribution in [1.29, 1.82) is 0 Å². The van der Waals surface area contributed by atoms with Crippen LogP contribution in [-0.2, 0) is 14.3 Å². The lowest BCUT2D eigenvalue weighted by Gasteiger charge is -2.28. The van der Waals surface area contributed by atoms with Gasteiger partial charge in [0.1, 0.15) is 22.8 Å². The highest BCUT2D eigenvalue weighted by Gasteiger charge is 2.35. The van der Waals surface area contributed by atoms with E-state index in [9.17, 15) is 19.5 Å². The first kappa shape index (κ1) is 26.3. The summed E-state index contributed by atoms with van der Waals surface area (Å²) in [7, 11) is 3.05. The first-order valence-electron chi connectivity index (χ1n) is 12.5. The highest BCUT2D eigenvalue weighted by Crippen LogP contribution is 2.48. The molecule has 196 valence electrons. The summed E-state index contributed by atoms with van der Waals surface area (Å²) < 4.78 is 22.0. The number of esters is 2. The number of phenols is 1. The zero-order chi connectivity index (χ0) is 26.5. The standard InChI is InChI=1S/C29H32O8/c1-17-8-7-11-20(30)10-6-4-5-9-19-15-24-27(28(32)26(19)29(33)36-17)21(16-25(31)37-24)18-12-13-22(34-2)23(14-18)35-3/h5,9,12-15,17,21,32H,4,6-8,10-11,16H2,1-3H3/t17-,21?/m0/s1. The Balaban J connectivity index is 1.82. The minimum Gasteiger partial charge on any atom is -0.507 e. The number of ketones is 1. The van der Waals surface area contributed by atoms with Crippen LogP contribution in [0.1, 0.15) is 84.8 Å². The molecule has 8 heteroatoms. The normalized spacial score (nSPS) is 20.7. The first-order valence-corrected chi connectivity index (χ1v) is 12.5. The molecule has 0 fully saturated rings. The van der Waals surface area contributed by atoms with Gasteiger partial charge in [0, 0.05) is 24.3 Å². The molecule has 1 N–H and O–H groups in total. The fourth-order valence-corrected chi connectivity index (χ4v) is 4.87. The van der Waals surface area contributed by atoms with Crippen LogP contribution in [0.3, 0.4) is 0 Å². The van der Waals surface area contributed by atoms with Crippen molar-refractivity contribution in [3.63, 3.8) is 0 Å². The molecule has 2 heterocycles. The van der Waals surface area contributed by atoms with Crippen molar-refractivity contribution in [2.45, 2.75) is 63.9 Å². The molecule has 0 saturated carbocycles. The van der Waals surface area contributed by atoms with Gasteiger partial charge in [-0.2, -0.15) is 0 Å².